The third-order valence-electron chi connectivity index (χ3n) is 6.21. The Bertz CT molecular complexity index is 1500. The van der Waals surface area contributed by atoms with E-state index in [4.69, 9.17) is 4.74 Å². The molecule has 4 heterocycles. The summed E-state index contributed by atoms with van der Waals surface area (Å²) in [7, 11) is 0. The summed E-state index contributed by atoms with van der Waals surface area (Å²) in [5.41, 5.74) is 2.24. The van der Waals surface area contributed by atoms with Crippen LogP contribution in [0.1, 0.15) is 34.9 Å². The first kappa shape index (κ1) is 27.2. The number of nitrogens with zero attached hydrogens (tertiary/aromatic N) is 3. The van der Waals surface area contributed by atoms with Gasteiger partial charge >= 0.3 is 18.1 Å². The number of benzene rings is 1. The van der Waals surface area contributed by atoms with Crippen LogP contribution >= 0.6 is 11.5 Å². The molecule has 2 aromatic heterocycles. The van der Waals surface area contributed by atoms with Gasteiger partial charge in [-0.25, -0.2) is 14.2 Å². The highest BCUT2D eigenvalue weighted by molar-refractivity contribution is 7.06. The van der Waals surface area contributed by atoms with E-state index in [9.17, 15) is 27.6 Å². The number of guanidine groups is 1. The SMILES string of the molecule is O=C1CN=C(NCCCOc2ccc3c(C(CC(=O)OC(=O)C(F)(F)F)N4C=Cc5sncc5C4)c[nH]c3c2)N1. The molecule has 210 valence electrons. The first-order valence-electron chi connectivity index (χ1n) is 12.2. The molecule has 2 aliphatic heterocycles. The summed E-state index contributed by atoms with van der Waals surface area (Å²) in [4.78, 5) is 44.7. The molecule has 3 N–H and O–H groups in total. The van der Waals surface area contributed by atoms with Crippen LogP contribution in [0.3, 0.4) is 0 Å². The molecule has 1 aromatic carbocycles. The number of fused-ring (bicyclic) bond motifs is 2. The van der Waals surface area contributed by atoms with Crippen LogP contribution in [0.25, 0.3) is 17.0 Å². The summed E-state index contributed by atoms with van der Waals surface area (Å²) < 4.78 is 52.1. The van der Waals surface area contributed by atoms with Gasteiger partial charge in [-0.2, -0.15) is 13.2 Å². The summed E-state index contributed by atoms with van der Waals surface area (Å²) in [6.45, 7) is 1.43. The maximum Gasteiger partial charge on any atom is 0.491 e. The summed E-state index contributed by atoms with van der Waals surface area (Å²) in [6.07, 6.45) is 1.81. The van der Waals surface area contributed by atoms with Crippen molar-refractivity contribution in [2.24, 2.45) is 4.99 Å². The van der Waals surface area contributed by atoms with E-state index in [-0.39, 0.29) is 12.5 Å². The number of aromatic amines is 1. The maximum atomic E-state index is 12.7. The highest BCUT2D eigenvalue weighted by Gasteiger charge is 2.43. The van der Waals surface area contributed by atoms with Crippen molar-refractivity contribution in [1.29, 1.82) is 0 Å². The molecule has 0 bridgehead atoms. The van der Waals surface area contributed by atoms with E-state index in [1.807, 2.05) is 6.08 Å². The fourth-order valence-electron chi connectivity index (χ4n) is 4.34. The van der Waals surface area contributed by atoms with Gasteiger partial charge in [0.1, 0.15) is 12.3 Å². The Hall–Kier alpha value is -4.40. The average Bonchev–Trinajstić information content (AvgIpc) is 3.65. The fraction of sp³-hybridized carbons (Fsp3) is 0.320. The standard InChI is InChI=1S/C25H23F3N6O5S/c26-25(27,28)23(37)39-22(36)9-19(34-6-4-20-14(13-34)10-32-40-20)17-11-30-18-8-15(2-3-16(17)18)38-7-1-5-29-24-31-12-21(35)33-24/h2-4,6,8,10-11,19,30H,1,5,7,9,12-13H2,(H2,29,31,33,35). The molecular formula is C25H23F3N6O5S. The Morgan fingerprint density at radius 3 is 2.90 bits per heavy atom. The predicted molar refractivity (Wildman–Crippen MR) is 138 cm³/mol. The van der Waals surface area contributed by atoms with Gasteiger partial charge in [-0.3, -0.25) is 14.9 Å². The number of esters is 2. The Kier molecular flexibility index (Phi) is 7.73. The number of aliphatic imine (C=N–C) groups is 1. The Balaban J connectivity index is 1.28. The molecular weight excluding hydrogens is 553 g/mol. The number of hydrogen-bond acceptors (Lipinski definition) is 10. The number of hydrogen-bond donors (Lipinski definition) is 3. The van der Waals surface area contributed by atoms with E-state index >= 15 is 0 Å². The number of rotatable bonds is 9. The lowest BCUT2D eigenvalue weighted by molar-refractivity contribution is -0.202. The molecule has 5 rings (SSSR count). The molecule has 11 nitrogen and oxygen atoms in total. The first-order valence-corrected chi connectivity index (χ1v) is 13.0. The molecule has 1 atom stereocenters. The van der Waals surface area contributed by atoms with Gasteiger partial charge in [-0.1, -0.05) is 0 Å². The highest BCUT2D eigenvalue weighted by atomic mass is 32.1. The lowest BCUT2D eigenvalue weighted by Gasteiger charge is -2.32. The zero-order chi connectivity index (χ0) is 28.3. The van der Waals surface area contributed by atoms with Crippen LogP contribution in [-0.2, 0) is 25.7 Å². The molecule has 0 radical (unpaired) electrons. The predicted octanol–water partition coefficient (Wildman–Crippen LogP) is 3.02. The summed E-state index contributed by atoms with van der Waals surface area (Å²) >= 11 is 1.31. The number of amides is 1. The first-order chi connectivity index (χ1) is 19.2. The van der Waals surface area contributed by atoms with Crippen molar-refractivity contribution in [3.05, 3.63) is 52.8 Å². The van der Waals surface area contributed by atoms with Crippen molar-refractivity contribution < 1.29 is 37.0 Å². The van der Waals surface area contributed by atoms with E-state index in [2.05, 4.69) is 29.7 Å². The Labute approximate surface area is 229 Å². The third-order valence-corrected chi connectivity index (χ3v) is 7.02. The van der Waals surface area contributed by atoms with E-state index in [1.165, 1.54) is 11.5 Å². The quantitative estimate of drug-likeness (QED) is 0.201. The topological polar surface area (TPSA) is 138 Å². The number of nitrogens with one attached hydrogen (secondary N) is 3. The minimum atomic E-state index is -5.28. The second kappa shape index (κ2) is 11.4. The third kappa shape index (κ3) is 6.25. The van der Waals surface area contributed by atoms with Crippen LogP contribution in [0.2, 0.25) is 0 Å². The van der Waals surface area contributed by atoms with Gasteiger partial charge in [-0.05, 0) is 36.2 Å². The normalized spacial score (nSPS) is 15.4. The molecule has 2 aliphatic rings. The minimum absolute atomic E-state index is 0.116. The molecule has 40 heavy (non-hydrogen) atoms. The summed E-state index contributed by atoms with van der Waals surface area (Å²) in [6, 6.07) is 4.60. The monoisotopic (exact) mass is 576 g/mol. The van der Waals surface area contributed by atoms with Crippen molar-refractivity contribution in [3.63, 3.8) is 0 Å². The summed E-state index contributed by atoms with van der Waals surface area (Å²) in [5.74, 6) is -2.96. The second-order valence-electron chi connectivity index (χ2n) is 8.98. The zero-order valence-corrected chi connectivity index (χ0v) is 21.6. The van der Waals surface area contributed by atoms with Gasteiger partial charge < -0.3 is 24.7 Å². The number of H-pyrrole nitrogens is 1. The molecule has 0 saturated carbocycles. The molecule has 0 spiro atoms. The van der Waals surface area contributed by atoms with Crippen LogP contribution in [0, 0.1) is 0 Å². The number of alkyl halides is 3. The van der Waals surface area contributed by atoms with E-state index in [0.29, 0.717) is 48.9 Å². The molecule has 1 amide bonds. The number of carbonyl (C=O) groups is 3. The minimum Gasteiger partial charge on any atom is -0.493 e. The maximum absolute atomic E-state index is 12.7. The van der Waals surface area contributed by atoms with Gasteiger partial charge in [0.2, 0.25) is 5.91 Å². The Morgan fingerprint density at radius 1 is 1.27 bits per heavy atom. The van der Waals surface area contributed by atoms with Crippen molar-refractivity contribution in [2.75, 3.05) is 19.7 Å². The van der Waals surface area contributed by atoms with Gasteiger partial charge in [-0.15, -0.1) is 0 Å². The van der Waals surface area contributed by atoms with E-state index in [0.717, 1.165) is 15.8 Å². The van der Waals surface area contributed by atoms with Gasteiger partial charge in [0.25, 0.3) is 0 Å². The zero-order valence-electron chi connectivity index (χ0n) is 20.8. The van der Waals surface area contributed by atoms with Gasteiger partial charge in [0, 0.05) is 59.8 Å². The smallest absolute Gasteiger partial charge is 0.491 e. The van der Waals surface area contributed by atoms with Gasteiger partial charge in [0.15, 0.2) is 5.96 Å². The Morgan fingerprint density at radius 2 is 2.12 bits per heavy atom. The average molecular weight is 577 g/mol. The van der Waals surface area contributed by atoms with Crippen molar-refractivity contribution >= 4 is 52.3 Å². The van der Waals surface area contributed by atoms with Crippen molar-refractivity contribution in [3.8, 4) is 5.75 Å². The van der Waals surface area contributed by atoms with Crippen LogP contribution in [0.4, 0.5) is 13.2 Å². The fourth-order valence-corrected chi connectivity index (χ4v) is 4.99. The number of aromatic nitrogens is 2. The van der Waals surface area contributed by atoms with Crippen LogP contribution in [0.15, 0.2) is 41.8 Å². The molecule has 3 aromatic rings. The number of ether oxygens (including phenoxy) is 2. The van der Waals surface area contributed by atoms with Crippen molar-refractivity contribution in [1.82, 2.24) is 24.9 Å². The van der Waals surface area contributed by atoms with Gasteiger partial charge in [0.05, 0.1) is 23.9 Å². The molecule has 15 heteroatoms. The summed E-state index contributed by atoms with van der Waals surface area (Å²) in [5, 5.41) is 6.34. The molecule has 0 saturated heterocycles. The highest BCUT2D eigenvalue weighted by Crippen LogP contribution is 2.36. The van der Waals surface area contributed by atoms with E-state index < -0.39 is 30.6 Å². The van der Waals surface area contributed by atoms with E-state index in [1.54, 1.807) is 41.7 Å². The largest absolute Gasteiger partial charge is 0.493 e. The van der Waals surface area contributed by atoms with Crippen molar-refractivity contribution in [2.45, 2.75) is 31.6 Å². The number of halogens is 3. The molecule has 0 fully saturated rings. The second-order valence-corrected chi connectivity index (χ2v) is 9.81. The lowest BCUT2D eigenvalue weighted by atomic mass is 9.99. The van der Waals surface area contributed by atoms with Crippen LogP contribution in [0.5, 0.6) is 5.75 Å². The number of carbonyl (C=O) groups excluding carboxylic acids is 3. The lowest BCUT2D eigenvalue weighted by Crippen LogP contribution is -2.37. The van der Waals surface area contributed by atoms with Crippen LogP contribution < -0.4 is 15.4 Å². The molecule has 1 unspecified atom stereocenters. The molecule has 0 aliphatic carbocycles. The van der Waals surface area contributed by atoms with Crippen LogP contribution in [-0.4, -0.2) is 63.9 Å².